The van der Waals surface area contributed by atoms with E-state index >= 15 is 0 Å². The maximum Gasteiger partial charge on any atom is 0.0370 e. The highest BCUT2D eigenvalue weighted by molar-refractivity contribution is 5.52. The van der Waals surface area contributed by atoms with Crippen LogP contribution in [0.1, 0.15) is 63.0 Å². The number of rotatable bonds is 9. The highest BCUT2D eigenvalue weighted by Gasteiger charge is 2.03. The summed E-state index contributed by atoms with van der Waals surface area (Å²) >= 11 is 0. The first-order valence-electron chi connectivity index (χ1n) is 8.98. The van der Waals surface area contributed by atoms with Crippen LogP contribution < -0.4 is 5.32 Å². The lowest BCUT2D eigenvalue weighted by Gasteiger charge is -2.11. The van der Waals surface area contributed by atoms with Gasteiger partial charge in [0.25, 0.3) is 0 Å². The van der Waals surface area contributed by atoms with Crippen LogP contribution >= 0.6 is 0 Å². The minimum atomic E-state index is 1.17. The molecule has 1 heteroatoms. The van der Waals surface area contributed by atoms with Crippen molar-refractivity contribution in [2.24, 2.45) is 0 Å². The molecule has 0 saturated heterocycles. The molecule has 0 aliphatic heterocycles. The van der Waals surface area contributed by atoms with Crippen molar-refractivity contribution < 1.29 is 0 Å². The molecule has 2 rings (SSSR count). The van der Waals surface area contributed by atoms with Crippen molar-refractivity contribution in [1.82, 2.24) is 0 Å². The molecule has 0 atom stereocenters. The number of nitrogens with one attached hydrogen (secondary N) is 1. The molecule has 0 spiro atoms. The van der Waals surface area contributed by atoms with Crippen LogP contribution in [0.5, 0.6) is 0 Å². The van der Waals surface area contributed by atoms with Gasteiger partial charge in [-0.1, -0.05) is 55.7 Å². The molecule has 0 bridgehead atoms. The van der Waals surface area contributed by atoms with E-state index in [1.807, 2.05) is 7.05 Å². The standard InChI is InChI=1S/C21H31N/c1-3-10-20-17-19(15-16-21(20)22-2)14-9-5-8-13-18-11-6-4-7-12-18/h6,11-12,15-17,22H,3-5,7-10,13-14H2,1-2H3. The van der Waals surface area contributed by atoms with Gasteiger partial charge >= 0.3 is 0 Å². The Morgan fingerprint density at radius 2 is 1.86 bits per heavy atom. The van der Waals surface area contributed by atoms with Crippen molar-refractivity contribution in [3.8, 4) is 0 Å². The normalized spacial score (nSPS) is 14.0. The van der Waals surface area contributed by atoms with Crippen molar-refractivity contribution in [2.75, 3.05) is 12.4 Å². The fraction of sp³-hybridized carbons (Fsp3) is 0.524. The Hall–Kier alpha value is -1.50. The summed E-state index contributed by atoms with van der Waals surface area (Å²) in [6.45, 7) is 2.25. The van der Waals surface area contributed by atoms with Crippen LogP contribution in [0.15, 0.2) is 42.0 Å². The van der Waals surface area contributed by atoms with Crippen molar-refractivity contribution >= 4 is 5.69 Å². The number of hydrogen-bond acceptors (Lipinski definition) is 1. The molecule has 1 aliphatic rings. The van der Waals surface area contributed by atoms with Crippen molar-refractivity contribution in [2.45, 2.75) is 64.7 Å². The Balaban J connectivity index is 1.73. The van der Waals surface area contributed by atoms with Gasteiger partial charge in [0.15, 0.2) is 0 Å². The minimum absolute atomic E-state index is 1.17. The molecular weight excluding hydrogens is 266 g/mol. The summed E-state index contributed by atoms with van der Waals surface area (Å²) < 4.78 is 0. The molecule has 0 saturated carbocycles. The van der Waals surface area contributed by atoms with Crippen LogP contribution in [-0.4, -0.2) is 7.05 Å². The van der Waals surface area contributed by atoms with Crippen molar-refractivity contribution in [3.63, 3.8) is 0 Å². The van der Waals surface area contributed by atoms with E-state index in [0.29, 0.717) is 0 Å². The number of hydrogen-bond donors (Lipinski definition) is 1. The zero-order valence-electron chi connectivity index (χ0n) is 14.3. The van der Waals surface area contributed by atoms with Gasteiger partial charge in [-0.25, -0.2) is 0 Å². The van der Waals surface area contributed by atoms with E-state index in [2.05, 4.69) is 48.7 Å². The first-order chi connectivity index (χ1) is 10.8. The van der Waals surface area contributed by atoms with Crippen molar-refractivity contribution in [3.05, 3.63) is 53.1 Å². The molecule has 0 aromatic heterocycles. The predicted octanol–water partition coefficient (Wildman–Crippen LogP) is 6.06. The molecule has 0 heterocycles. The van der Waals surface area contributed by atoms with Gasteiger partial charge in [-0.15, -0.1) is 0 Å². The quantitative estimate of drug-likeness (QED) is 0.546. The molecule has 22 heavy (non-hydrogen) atoms. The topological polar surface area (TPSA) is 12.0 Å². The largest absolute Gasteiger partial charge is 0.388 e. The zero-order chi connectivity index (χ0) is 15.6. The predicted molar refractivity (Wildman–Crippen MR) is 98.6 cm³/mol. The lowest BCUT2D eigenvalue weighted by atomic mass is 9.98. The summed E-state index contributed by atoms with van der Waals surface area (Å²) in [6.07, 6.45) is 18.3. The molecule has 0 fully saturated rings. The summed E-state index contributed by atoms with van der Waals surface area (Å²) in [5.74, 6) is 0. The number of allylic oxidation sites excluding steroid dienone is 4. The van der Waals surface area contributed by atoms with E-state index in [1.54, 1.807) is 5.57 Å². The van der Waals surface area contributed by atoms with Crippen LogP contribution in [0.2, 0.25) is 0 Å². The van der Waals surface area contributed by atoms with Crippen molar-refractivity contribution in [1.29, 1.82) is 0 Å². The third kappa shape index (κ3) is 5.36. The fourth-order valence-electron chi connectivity index (χ4n) is 3.21. The number of aryl methyl sites for hydroxylation is 2. The summed E-state index contributed by atoms with van der Waals surface area (Å²) in [5, 5.41) is 3.31. The Kier molecular flexibility index (Phi) is 7.28. The van der Waals surface area contributed by atoms with Gasteiger partial charge in [0.2, 0.25) is 0 Å². The van der Waals surface area contributed by atoms with Gasteiger partial charge < -0.3 is 5.32 Å². The molecule has 0 unspecified atom stereocenters. The molecule has 1 aromatic carbocycles. The van der Waals surface area contributed by atoms with Gasteiger partial charge in [0.1, 0.15) is 0 Å². The minimum Gasteiger partial charge on any atom is -0.388 e. The summed E-state index contributed by atoms with van der Waals surface area (Å²) in [4.78, 5) is 0. The lowest BCUT2D eigenvalue weighted by Crippen LogP contribution is -1.97. The molecule has 1 nitrogen and oxygen atoms in total. The summed E-state index contributed by atoms with van der Waals surface area (Å²) in [7, 11) is 2.02. The number of unbranched alkanes of at least 4 members (excludes halogenated alkanes) is 2. The second kappa shape index (κ2) is 9.50. The highest BCUT2D eigenvalue weighted by Crippen LogP contribution is 2.21. The van der Waals surface area contributed by atoms with Crippen LogP contribution in [0.3, 0.4) is 0 Å². The van der Waals surface area contributed by atoms with Gasteiger partial charge in [-0.3, -0.25) is 0 Å². The maximum atomic E-state index is 3.31. The third-order valence-corrected chi connectivity index (χ3v) is 4.46. The second-order valence-electron chi connectivity index (χ2n) is 6.31. The Labute approximate surface area is 136 Å². The number of benzene rings is 1. The zero-order valence-corrected chi connectivity index (χ0v) is 14.3. The van der Waals surface area contributed by atoms with E-state index < -0.39 is 0 Å². The van der Waals surface area contributed by atoms with Gasteiger partial charge in [0, 0.05) is 12.7 Å². The molecule has 0 amide bonds. The molecular formula is C21H31N. The Morgan fingerprint density at radius 3 is 2.59 bits per heavy atom. The maximum absolute atomic E-state index is 3.31. The first-order valence-corrected chi connectivity index (χ1v) is 8.98. The lowest BCUT2D eigenvalue weighted by molar-refractivity contribution is 0.677. The average Bonchev–Trinajstić information content (AvgIpc) is 2.56. The van der Waals surface area contributed by atoms with E-state index in [1.165, 1.54) is 74.6 Å². The second-order valence-corrected chi connectivity index (χ2v) is 6.31. The molecule has 1 N–H and O–H groups in total. The van der Waals surface area contributed by atoms with Gasteiger partial charge in [-0.05, 0) is 62.1 Å². The molecule has 1 aliphatic carbocycles. The molecule has 120 valence electrons. The van der Waals surface area contributed by atoms with E-state index in [9.17, 15) is 0 Å². The molecule has 1 aromatic rings. The van der Waals surface area contributed by atoms with Crippen LogP contribution in [0, 0.1) is 0 Å². The van der Waals surface area contributed by atoms with E-state index in [-0.39, 0.29) is 0 Å². The Morgan fingerprint density at radius 1 is 1.00 bits per heavy atom. The monoisotopic (exact) mass is 297 g/mol. The molecule has 0 radical (unpaired) electrons. The smallest absolute Gasteiger partial charge is 0.0370 e. The third-order valence-electron chi connectivity index (χ3n) is 4.46. The summed E-state index contributed by atoms with van der Waals surface area (Å²) in [6, 6.07) is 6.94. The van der Waals surface area contributed by atoms with E-state index in [0.717, 1.165) is 0 Å². The van der Waals surface area contributed by atoms with Crippen LogP contribution in [0.4, 0.5) is 5.69 Å². The Bertz CT molecular complexity index is 511. The van der Waals surface area contributed by atoms with Crippen LogP contribution in [0.25, 0.3) is 0 Å². The number of anilines is 1. The van der Waals surface area contributed by atoms with E-state index in [4.69, 9.17) is 0 Å². The first kappa shape index (κ1) is 16.9. The fourth-order valence-corrected chi connectivity index (χ4v) is 3.21. The van der Waals surface area contributed by atoms with Gasteiger partial charge in [-0.2, -0.15) is 0 Å². The van der Waals surface area contributed by atoms with Crippen LogP contribution in [-0.2, 0) is 12.8 Å². The highest BCUT2D eigenvalue weighted by atomic mass is 14.8. The summed E-state index contributed by atoms with van der Waals surface area (Å²) in [5.41, 5.74) is 5.82. The average molecular weight is 297 g/mol. The van der Waals surface area contributed by atoms with Gasteiger partial charge in [0.05, 0.1) is 0 Å². The SMILES string of the molecule is CCCc1cc(CCCCCC2=CCCC=C2)ccc1NC.